The molecule has 1 aromatic rings. The van der Waals surface area contributed by atoms with E-state index in [2.05, 4.69) is 10.3 Å². The third kappa shape index (κ3) is 1.63. The van der Waals surface area contributed by atoms with Crippen LogP contribution in [0.15, 0.2) is 35.3 Å². The van der Waals surface area contributed by atoms with Gasteiger partial charge >= 0.3 is 0 Å². The van der Waals surface area contributed by atoms with E-state index in [0.29, 0.717) is 5.75 Å². The highest BCUT2D eigenvalue weighted by Gasteiger charge is 2.36. The molecule has 14 heavy (non-hydrogen) atoms. The quantitative estimate of drug-likeness (QED) is 0.727. The van der Waals surface area contributed by atoms with Crippen LogP contribution in [0.25, 0.3) is 0 Å². The van der Waals surface area contributed by atoms with Crippen LogP contribution in [0.5, 0.6) is 0 Å². The Hall–Kier alpha value is -1.00. The summed E-state index contributed by atoms with van der Waals surface area (Å²) in [5.74, 6) is 0.601. The van der Waals surface area contributed by atoms with Crippen molar-refractivity contribution in [3.05, 3.63) is 35.9 Å². The predicted molar refractivity (Wildman–Crippen MR) is 59.3 cm³/mol. The lowest BCUT2D eigenvalue weighted by Crippen LogP contribution is -2.40. The fraction of sp³-hybridized carbons (Fsp3) is 0.300. The number of nitrogens with zero attached hydrogens (tertiary/aromatic N) is 1. The van der Waals surface area contributed by atoms with Crippen LogP contribution in [0.1, 0.15) is 5.56 Å². The minimum atomic E-state index is -0.958. The normalized spacial score (nSPS) is 29.1. The van der Waals surface area contributed by atoms with E-state index < -0.39 is 5.72 Å². The average molecular weight is 208 g/mol. The van der Waals surface area contributed by atoms with Gasteiger partial charge in [0.25, 0.3) is 0 Å². The first-order chi connectivity index (χ1) is 6.74. The highest BCUT2D eigenvalue weighted by Crippen LogP contribution is 2.29. The van der Waals surface area contributed by atoms with E-state index in [1.54, 1.807) is 7.05 Å². The van der Waals surface area contributed by atoms with Crippen molar-refractivity contribution in [2.75, 3.05) is 12.8 Å². The molecule has 3 nitrogen and oxygen atoms in total. The lowest BCUT2D eigenvalue weighted by Gasteiger charge is -2.22. The number of rotatable bonds is 1. The summed E-state index contributed by atoms with van der Waals surface area (Å²) in [6.07, 6.45) is 0. The van der Waals surface area contributed by atoms with Crippen LogP contribution in [0.2, 0.25) is 0 Å². The van der Waals surface area contributed by atoms with E-state index in [9.17, 15) is 5.11 Å². The van der Waals surface area contributed by atoms with Gasteiger partial charge in [-0.15, -0.1) is 0 Å². The molecule has 2 rings (SSSR count). The summed E-state index contributed by atoms with van der Waals surface area (Å²) in [5.41, 5.74) is -0.0769. The van der Waals surface area contributed by atoms with Gasteiger partial charge < -0.3 is 10.4 Å². The second-order valence-corrected chi connectivity index (χ2v) is 4.13. The molecule has 1 fully saturated rings. The Morgan fingerprint density at radius 2 is 2.14 bits per heavy atom. The van der Waals surface area contributed by atoms with Crippen molar-refractivity contribution in [3.63, 3.8) is 0 Å². The minimum absolute atomic E-state index is 0.601. The van der Waals surface area contributed by atoms with Crippen molar-refractivity contribution in [2.45, 2.75) is 5.72 Å². The maximum absolute atomic E-state index is 10.3. The van der Waals surface area contributed by atoms with Crippen LogP contribution in [0, 0.1) is 0 Å². The smallest absolute Gasteiger partial charge is 0.173 e. The van der Waals surface area contributed by atoms with Crippen molar-refractivity contribution in [1.82, 2.24) is 5.32 Å². The van der Waals surface area contributed by atoms with Gasteiger partial charge in [-0.3, -0.25) is 4.99 Å². The Bertz CT molecular complexity index is 352. The Labute approximate surface area is 87.2 Å². The molecule has 4 heteroatoms. The number of thioether (sulfide) groups is 1. The zero-order valence-corrected chi connectivity index (χ0v) is 8.71. The molecule has 1 atom stereocenters. The second-order valence-electron chi connectivity index (χ2n) is 3.17. The van der Waals surface area contributed by atoms with Gasteiger partial charge in [0.15, 0.2) is 10.9 Å². The van der Waals surface area contributed by atoms with Gasteiger partial charge in [-0.1, -0.05) is 42.1 Å². The molecule has 1 heterocycles. The summed E-state index contributed by atoms with van der Waals surface area (Å²) < 4.78 is 0. The van der Waals surface area contributed by atoms with E-state index in [-0.39, 0.29) is 0 Å². The van der Waals surface area contributed by atoms with Crippen molar-refractivity contribution in [3.8, 4) is 0 Å². The van der Waals surface area contributed by atoms with Gasteiger partial charge in [-0.25, -0.2) is 0 Å². The third-order valence-electron chi connectivity index (χ3n) is 2.19. The van der Waals surface area contributed by atoms with Gasteiger partial charge in [0.2, 0.25) is 0 Å². The van der Waals surface area contributed by atoms with Gasteiger partial charge in [0.1, 0.15) is 0 Å². The zero-order chi connectivity index (χ0) is 10.0. The highest BCUT2D eigenvalue weighted by molar-refractivity contribution is 8.14. The molecule has 0 bridgehead atoms. The standard InChI is InChI=1S/C10H12N2OS/c1-11-9-12-10(13,7-14-9)8-5-3-2-4-6-8/h2-6,13H,7H2,1H3,(H,11,12). The third-order valence-corrected chi connectivity index (χ3v) is 3.31. The second kappa shape index (κ2) is 3.63. The summed E-state index contributed by atoms with van der Waals surface area (Å²) in [6.45, 7) is 0. The number of aliphatic hydroxyl groups is 1. The fourth-order valence-corrected chi connectivity index (χ4v) is 2.37. The van der Waals surface area contributed by atoms with E-state index in [1.165, 1.54) is 11.8 Å². The summed E-state index contributed by atoms with van der Waals surface area (Å²) >= 11 is 1.53. The summed E-state index contributed by atoms with van der Waals surface area (Å²) in [4.78, 5) is 4.02. The molecule has 0 radical (unpaired) electrons. The number of hydrogen-bond acceptors (Lipinski definition) is 3. The summed E-state index contributed by atoms with van der Waals surface area (Å²) in [6, 6.07) is 9.59. The first-order valence-corrected chi connectivity index (χ1v) is 5.39. The van der Waals surface area contributed by atoms with E-state index >= 15 is 0 Å². The summed E-state index contributed by atoms with van der Waals surface area (Å²) in [7, 11) is 1.71. The molecule has 0 saturated carbocycles. The largest absolute Gasteiger partial charge is 0.366 e. The number of benzene rings is 1. The van der Waals surface area contributed by atoms with E-state index in [4.69, 9.17) is 0 Å². The molecule has 0 spiro atoms. The first-order valence-electron chi connectivity index (χ1n) is 4.40. The van der Waals surface area contributed by atoms with E-state index in [0.717, 1.165) is 10.7 Å². The van der Waals surface area contributed by atoms with Crippen LogP contribution in [-0.4, -0.2) is 23.1 Å². The number of aliphatic imine (C=N–C) groups is 1. The molecule has 1 aliphatic rings. The van der Waals surface area contributed by atoms with Crippen LogP contribution in [-0.2, 0) is 5.72 Å². The van der Waals surface area contributed by atoms with Crippen molar-refractivity contribution in [1.29, 1.82) is 0 Å². The molecule has 0 aliphatic carbocycles. The maximum atomic E-state index is 10.3. The number of amidine groups is 1. The Morgan fingerprint density at radius 1 is 1.43 bits per heavy atom. The topological polar surface area (TPSA) is 44.6 Å². The first kappa shape index (κ1) is 9.55. The number of nitrogens with one attached hydrogen (secondary N) is 1. The molecule has 1 saturated heterocycles. The van der Waals surface area contributed by atoms with Crippen molar-refractivity contribution in [2.24, 2.45) is 4.99 Å². The van der Waals surface area contributed by atoms with Crippen molar-refractivity contribution >= 4 is 16.9 Å². The monoisotopic (exact) mass is 208 g/mol. The Kier molecular flexibility index (Phi) is 2.48. The molecule has 2 N–H and O–H groups in total. The Morgan fingerprint density at radius 3 is 2.71 bits per heavy atom. The van der Waals surface area contributed by atoms with Gasteiger partial charge in [-0.05, 0) is 0 Å². The average Bonchev–Trinajstić information content (AvgIpc) is 2.63. The lowest BCUT2D eigenvalue weighted by molar-refractivity contribution is 0.0512. The zero-order valence-electron chi connectivity index (χ0n) is 7.90. The summed E-state index contributed by atoms with van der Waals surface area (Å²) in [5, 5.41) is 14.0. The molecule has 1 unspecified atom stereocenters. The van der Waals surface area contributed by atoms with Gasteiger partial charge in [0.05, 0.1) is 5.75 Å². The van der Waals surface area contributed by atoms with Crippen LogP contribution in [0.3, 0.4) is 0 Å². The molecule has 1 aliphatic heterocycles. The van der Waals surface area contributed by atoms with E-state index in [1.807, 2.05) is 30.3 Å². The van der Waals surface area contributed by atoms with Gasteiger partial charge in [0, 0.05) is 12.6 Å². The molecule has 74 valence electrons. The fourth-order valence-electron chi connectivity index (χ4n) is 1.41. The SMILES string of the molecule is CN=C1NC(O)(c2ccccc2)CS1. The number of hydrogen-bond donors (Lipinski definition) is 2. The molecule has 1 aromatic carbocycles. The maximum Gasteiger partial charge on any atom is 0.173 e. The minimum Gasteiger partial charge on any atom is -0.366 e. The predicted octanol–water partition coefficient (Wildman–Crippen LogP) is 1.15. The van der Waals surface area contributed by atoms with Gasteiger partial charge in [-0.2, -0.15) is 0 Å². The van der Waals surface area contributed by atoms with Crippen molar-refractivity contribution < 1.29 is 5.11 Å². The van der Waals surface area contributed by atoms with Crippen LogP contribution in [0.4, 0.5) is 0 Å². The van der Waals surface area contributed by atoms with Crippen LogP contribution >= 0.6 is 11.8 Å². The molecular formula is C10H12N2OS. The van der Waals surface area contributed by atoms with Crippen LogP contribution < -0.4 is 5.32 Å². The molecule has 0 amide bonds. The Balaban J connectivity index is 2.27. The molecular weight excluding hydrogens is 196 g/mol. The lowest BCUT2D eigenvalue weighted by atomic mass is 10.1. The highest BCUT2D eigenvalue weighted by atomic mass is 32.2. The molecule has 0 aromatic heterocycles.